The van der Waals surface area contributed by atoms with Gasteiger partial charge in [0.05, 0.1) is 0 Å². The van der Waals surface area contributed by atoms with Crippen LogP contribution < -0.4 is 0 Å². The molecule has 134 valence electrons. The van der Waals surface area contributed by atoms with Gasteiger partial charge in [-0.1, -0.05) is 68.3 Å². The van der Waals surface area contributed by atoms with Crippen molar-refractivity contribution in [3.8, 4) is 11.1 Å². The van der Waals surface area contributed by atoms with Gasteiger partial charge in [0.25, 0.3) is 0 Å². The van der Waals surface area contributed by atoms with E-state index < -0.39 is 12.3 Å². The van der Waals surface area contributed by atoms with Gasteiger partial charge in [-0.15, -0.1) is 0 Å². The van der Waals surface area contributed by atoms with Gasteiger partial charge in [-0.2, -0.15) is 0 Å². The van der Waals surface area contributed by atoms with E-state index in [1.807, 2.05) is 18.2 Å². The van der Waals surface area contributed by atoms with Crippen LogP contribution >= 0.6 is 0 Å². The quantitative estimate of drug-likeness (QED) is 0.494. The molecular formula is C23H28F2. The van der Waals surface area contributed by atoms with Gasteiger partial charge in [0.15, 0.2) is 0 Å². The van der Waals surface area contributed by atoms with Crippen molar-refractivity contribution >= 4 is 0 Å². The van der Waals surface area contributed by atoms with Crippen LogP contribution in [-0.2, 0) is 6.42 Å². The Labute approximate surface area is 150 Å². The Morgan fingerprint density at radius 2 is 1.52 bits per heavy atom. The highest BCUT2D eigenvalue weighted by atomic mass is 19.1. The molecule has 2 heteroatoms. The van der Waals surface area contributed by atoms with E-state index in [1.165, 1.54) is 24.8 Å². The van der Waals surface area contributed by atoms with E-state index in [0.29, 0.717) is 12.8 Å². The molecule has 0 amide bonds. The molecule has 3 rings (SSSR count). The molecule has 25 heavy (non-hydrogen) atoms. The molecule has 0 saturated heterocycles. The number of unbranched alkanes of at least 4 members (excludes halogenated alkanes) is 2. The number of hydrogen-bond acceptors (Lipinski definition) is 0. The minimum Gasteiger partial charge on any atom is -0.247 e. The van der Waals surface area contributed by atoms with E-state index in [-0.39, 0.29) is 12.3 Å². The van der Waals surface area contributed by atoms with Gasteiger partial charge in [-0.3, -0.25) is 0 Å². The summed E-state index contributed by atoms with van der Waals surface area (Å²) in [5, 5.41) is 0. The lowest BCUT2D eigenvalue weighted by molar-refractivity contribution is 0.142. The zero-order chi connectivity index (χ0) is 17.6. The summed E-state index contributed by atoms with van der Waals surface area (Å²) in [5.74, 6) is -0.0285. The van der Waals surface area contributed by atoms with Crippen molar-refractivity contribution in [3.05, 3.63) is 59.7 Å². The summed E-state index contributed by atoms with van der Waals surface area (Å²) in [6, 6.07) is 16.8. The van der Waals surface area contributed by atoms with Gasteiger partial charge < -0.3 is 0 Å². The lowest BCUT2D eigenvalue weighted by Gasteiger charge is -2.29. The molecule has 1 aliphatic rings. The lowest BCUT2D eigenvalue weighted by Crippen LogP contribution is -2.23. The van der Waals surface area contributed by atoms with Crippen LogP contribution in [0.4, 0.5) is 8.78 Å². The van der Waals surface area contributed by atoms with Crippen LogP contribution in [0.3, 0.4) is 0 Å². The Bertz CT molecular complexity index is 652. The standard InChI is InChI=1S/C23H28F2/c1-2-3-4-7-17-10-12-18(13-11-17)22-8-5-6-9-23(22)19-14-20(24)16-21(25)15-19/h5-6,8-13,19-21H,2-4,7,14-16H2,1H3. The molecular weight excluding hydrogens is 314 g/mol. The van der Waals surface area contributed by atoms with Gasteiger partial charge in [-0.05, 0) is 53.9 Å². The Morgan fingerprint density at radius 1 is 0.840 bits per heavy atom. The van der Waals surface area contributed by atoms with Crippen LogP contribution in [0.25, 0.3) is 11.1 Å². The number of alkyl halides is 2. The van der Waals surface area contributed by atoms with Crippen LogP contribution in [0.2, 0.25) is 0 Å². The summed E-state index contributed by atoms with van der Waals surface area (Å²) in [4.78, 5) is 0. The number of halogens is 2. The third-order valence-corrected chi connectivity index (χ3v) is 5.33. The van der Waals surface area contributed by atoms with E-state index in [2.05, 4.69) is 37.3 Å². The van der Waals surface area contributed by atoms with Gasteiger partial charge in [-0.25, -0.2) is 8.78 Å². The van der Waals surface area contributed by atoms with Crippen molar-refractivity contribution in [2.24, 2.45) is 0 Å². The van der Waals surface area contributed by atoms with E-state index in [1.54, 1.807) is 0 Å². The first-order valence-electron chi connectivity index (χ1n) is 9.63. The first-order valence-corrected chi connectivity index (χ1v) is 9.63. The summed E-state index contributed by atoms with van der Waals surface area (Å²) < 4.78 is 27.7. The number of rotatable bonds is 6. The Morgan fingerprint density at radius 3 is 2.20 bits per heavy atom. The first kappa shape index (κ1) is 18.1. The maximum atomic E-state index is 13.9. The molecule has 0 spiro atoms. The van der Waals surface area contributed by atoms with Crippen molar-refractivity contribution < 1.29 is 8.78 Å². The maximum absolute atomic E-state index is 13.9. The normalized spacial score (nSPS) is 23.6. The molecule has 0 heterocycles. The fourth-order valence-corrected chi connectivity index (χ4v) is 3.98. The summed E-state index contributed by atoms with van der Waals surface area (Å²) in [7, 11) is 0. The van der Waals surface area contributed by atoms with Gasteiger partial charge in [0.1, 0.15) is 12.3 Å². The Kier molecular flexibility index (Phi) is 6.23. The summed E-state index contributed by atoms with van der Waals surface area (Å²) >= 11 is 0. The van der Waals surface area contributed by atoms with E-state index in [9.17, 15) is 8.78 Å². The molecule has 1 fully saturated rings. The third-order valence-electron chi connectivity index (χ3n) is 5.33. The van der Waals surface area contributed by atoms with E-state index in [4.69, 9.17) is 0 Å². The molecule has 2 atom stereocenters. The molecule has 2 unspecified atom stereocenters. The number of benzene rings is 2. The predicted molar refractivity (Wildman–Crippen MR) is 101 cm³/mol. The maximum Gasteiger partial charge on any atom is 0.103 e. The topological polar surface area (TPSA) is 0 Å². The van der Waals surface area contributed by atoms with Gasteiger partial charge in [0, 0.05) is 6.42 Å². The average molecular weight is 342 g/mol. The van der Waals surface area contributed by atoms with Crippen molar-refractivity contribution in [1.82, 2.24) is 0 Å². The smallest absolute Gasteiger partial charge is 0.103 e. The van der Waals surface area contributed by atoms with Crippen LogP contribution in [0.1, 0.15) is 62.5 Å². The summed E-state index contributed by atoms with van der Waals surface area (Å²) in [6.45, 7) is 2.22. The van der Waals surface area contributed by atoms with Crippen LogP contribution in [0, 0.1) is 0 Å². The van der Waals surface area contributed by atoms with Crippen molar-refractivity contribution in [2.45, 2.75) is 70.1 Å². The lowest BCUT2D eigenvalue weighted by atomic mass is 9.79. The Balaban J connectivity index is 1.80. The molecule has 0 bridgehead atoms. The molecule has 0 N–H and O–H groups in total. The third kappa shape index (κ3) is 4.68. The fraction of sp³-hybridized carbons (Fsp3) is 0.478. The predicted octanol–water partition coefficient (Wildman–Crippen LogP) is 7.03. The van der Waals surface area contributed by atoms with Crippen molar-refractivity contribution in [3.63, 3.8) is 0 Å². The van der Waals surface area contributed by atoms with Crippen molar-refractivity contribution in [1.29, 1.82) is 0 Å². The zero-order valence-corrected chi connectivity index (χ0v) is 15.1. The van der Waals surface area contributed by atoms with Crippen molar-refractivity contribution in [2.75, 3.05) is 0 Å². The fourth-order valence-electron chi connectivity index (χ4n) is 3.98. The van der Waals surface area contributed by atoms with Gasteiger partial charge in [0.2, 0.25) is 0 Å². The first-order chi connectivity index (χ1) is 12.2. The second-order valence-electron chi connectivity index (χ2n) is 7.34. The van der Waals surface area contributed by atoms with Crippen LogP contribution in [-0.4, -0.2) is 12.3 Å². The molecule has 2 aromatic rings. The Hall–Kier alpha value is -1.70. The molecule has 0 aliphatic heterocycles. The summed E-state index contributed by atoms with van der Waals surface area (Å²) in [6.07, 6.45) is 3.73. The average Bonchev–Trinajstić information content (AvgIpc) is 2.62. The molecule has 1 aliphatic carbocycles. The molecule has 0 aromatic heterocycles. The second kappa shape index (κ2) is 8.60. The monoisotopic (exact) mass is 342 g/mol. The van der Waals surface area contributed by atoms with Crippen LogP contribution in [0.5, 0.6) is 0 Å². The number of hydrogen-bond donors (Lipinski definition) is 0. The molecule has 0 radical (unpaired) electrons. The zero-order valence-electron chi connectivity index (χ0n) is 15.1. The highest BCUT2D eigenvalue weighted by Gasteiger charge is 2.30. The minimum absolute atomic E-state index is 0.0285. The molecule has 2 aromatic carbocycles. The van der Waals surface area contributed by atoms with Gasteiger partial charge >= 0.3 is 0 Å². The number of aryl methyl sites for hydroxylation is 1. The SMILES string of the molecule is CCCCCc1ccc(-c2ccccc2C2CC(F)CC(F)C2)cc1. The second-order valence-corrected chi connectivity index (χ2v) is 7.34. The molecule has 0 nitrogen and oxygen atoms in total. The highest BCUT2D eigenvalue weighted by Crippen LogP contribution is 2.40. The van der Waals surface area contributed by atoms with E-state index in [0.717, 1.165) is 23.1 Å². The molecule has 1 saturated carbocycles. The largest absolute Gasteiger partial charge is 0.247 e. The van der Waals surface area contributed by atoms with Crippen LogP contribution in [0.15, 0.2) is 48.5 Å². The van der Waals surface area contributed by atoms with E-state index >= 15 is 0 Å². The summed E-state index contributed by atoms with van der Waals surface area (Å²) in [5.41, 5.74) is 4.71. The highest BCUT2D eigenvalue weighted by molar-refractivity contribution is 5.68. The minimum atomic E-state index is -1.03.